The quantitative estimate of drug-likeness (QED) is 0.836. The van der Waals surface area contributed by atoms with Crippen LogP contribution in [0.15, 0.2) is 12.1 Å². The Morgan fingerprint density at radius 3 is 2.94 bits per heavy atom. The molecule has 0 spiro atoms. The van der Waals surface area contributed by atoms with E-state index in [9.17, 15) is 0 Å². The van der Waals surface area contributed by atoms with Crippen LogP contribution in [-0.4, -0.2) is 26.4 Å². The molecule has 0 amide bonds. The van der Waals surface area contributed by atoms with Gasteiger partial charge in [0.2, 0.25) is 6.79 Å². The molecule has 2 heterocycles. The van der Waals surface area contributed by atoms with Gasteiger partial charge in [0.25, 0.3) is 0 Å². The fourth-order valence-corrected chi connectivity index (χ4v) is 2.38. The summed E-state index contributed by atoms with van der Waals surface area (Å²) in [4.78, 5) is 0. The summed E-state index contributed by atoms with van der Waals surface area (Å²) in [7, 11) is 0. The van der Waals surface area contributed by atoms with Crippen molar-refractivity contribution in [3.63, 3.8) is 0 Å². The van der Waals surface area contributed by atoms with Gasteiger partial charge in [-0.2, -0.15) is 0 Å². The summed E-state index contributed by atoms with van der Waals surface area (Å²) in [5.74, 6) is 2.44. The van der Waals surface area contributed by atoms with E-state index in [0.29, 0.717) is 6.79 Å². The lowest BCUT2D eigenvalue weighted by Crippen LogP contribution is -2.17. The number of ether oxygens (including phenoxy) is 2. The fraction of sp³-hybridized carbons (Fsp3) is 0.538. The summed E-state index contributed by atoms with van der Waals surface area (Å²) in [6.07, 6.45) is 1.26. The molecular weight excluding hydrogens is 216 g/mol. The normalized spacial score (nSPS) is 21.8. The lowest BCUT2D eigenvalue weighted by Gasteiger charge is -2.14. The third kappa shape index (κ3) is 2.17. The highest BCUT2D eigenvalue weighted by Gasteiger charge is 2.17. The average molecular weight is 234 g/mol. The summed E-state index contributed by atoms with van der Waals surface area (Å²) >= 11 is 0. The van der Waals surface area contributed by atoms with E-state index >= 15 is 0 Å². The maximum atomic E-state index is 5.39. The fourth-order valence-electron chi connectivity index (χ4n) is 2.38. The van der Waals surface area contributed by atoms with Gasteiger partial charge in [-0.15, -0.1) is 0 Å². The number of hydrogen-bond donors (Lipinski definition) is 2. The number of hydrogen-bond acceptors (Lipinski definition) is 4. The van der Waals surface area contributed by atoms with Crippen LogP contribution in [0.5, 0.6) is 11.5 Å². The lowest BCUT2D eigenvalue weighted by molar-refractivity contribution is 0.174. The molecule has 2 aliphatic rings. The van der Waals surface area contributed by atoms with Crippen LogP contribution in [0.4, 0.5) is 5.69 Å². The molecule has 17 heavy (non-hydrogen) atoms. The van der Waals surface area contributed by atoms with Crippen molar-refractivity contribution >= 4 is 5.69 Å². The van der Waals surface area contributed by atoms with Crippen LogP contribution in [0.2, 0.25) is 0 Å². The van der Waals surface area contributed by atoms with Crippen LogP contribution in [-0.2, 0) is 0 Å². The Kier molecular flexibility index (Phi) is 2.81. The van der Waals surface area contributed by atoms with Gasteiger partial charge in [0, 0.05) is 18.3 Å². The molecule has 2 aliphatic heterocycles. The lowest BCUT2D eigenvalue weighted by atomic mass is 10.1. The number of anilines is 1. The maximum absolute atomic E-state index is 5.39. The second-order valence-electron chi connectivity index (χ2n) is 4.76. The summed E-state index contributed by atoms with van der Waals surface area (Å²) < 4.78 is 10.7. The smallest absolute Gasteiger partial charge is 0.231 e. The van der Waals surface area contributed by atoms with Crippen molar-refractivity contribution in [1.82, 2.24) is 5.32 Å². The zero-order valence-corrected chi connectivity index (χ0v) is 10.1. The Balaban J connectivity index is 1.69. The molecule has 1 aromatic rings. The largest absolute Gasteiger partial charge is 0.454 e. The molecule has 0 aromatic heterocycles. The predicted octanol–water partition coefficient (Wildman–Crippen LogP) is 1.75. The number of rotatable bonds is 3. The van der Waals surface area contributed by atoms with Crippen molar-refractivity contribution in [3.8, 4) is 11.5 Å². The second-order valence-corrected chi connectivity index (χ2v) is 4.76. The number of fused-ring (bicyclic) bond motifs is 1. The van der Waals surface area contributed by atoms with Crippen LogP contribution in [0, 0.1) is 12.8 Å². The zero-order chi connectivity index (χ0) is 11.7. The highest BCUT2D eigenvalue weighted by Crippen LogP contribution is 2.36. The van der Waals surface area contributed by atoms with E-state index in [0.717, 1.165) is 42.7 Å². The topological polar surface area (TPSA) is 42.5 Å². The van der Waals surface area contributed by atoms with Crippen LogP contribution < -0.4 is 20.1 Å². The van der Waals surface area contributed by atoms with Gasteiger partial charge in [-0.05, 0) is 44.0 Å². The molecule has 4 heteroatoms. The highest BCUT2D eigenvalue weighted by atomic mass is 16.7. The third-order valence-corrected chi connectivity index (χ3v) is 3.46. The molecule has 3 rings (SSSR count). The minimum absolute atomic E-state index is 0.338. The first-order valence-electron chi connectivity index (χ1n) is 6.18. The van der Waals surface area contributed by atoms with Crippen molar-refractivity contribution in [2.24, 2.45) is 5.92 Å². The Hall–Kier alpha value is -1.42. The van der Waals surface area contributed by atoms with Gasteiger partial charge in [-0.1, -0.05) is 0 Å². The average Bonchev–Trinajstić information content (AvgIpc) is 2.95. The van der Waals surface area contributed by atoms with Gasteiger partial charge in [0.15, 0.2) is 11.5 Å². The van der Waals surface area contributed by atoms with E-state index < -0.39 is 0 Å². The Morgan fingerprint density at radius 2 is 2.18 bits per heavy atom. The van der Waals surface area contributed by atoms with Gasteiger partial charge in [0.1, 0.15) is 0 Å². The molecule has 1 aromatic carbocycles. The van der Waals surface area contributed by atoms with Gasteiger partial charge in [-0.3, -0.25) is 0 Å². The maximum Gasteiger partial charge on any atom is 0.231 e. The molecule has 92 valence electrons. The van der Waals surface area contributed by atoms with Crippen LogP contribution in [0.3, 0.4) is 0 Å². The van der Waals surface area contributed by atoms with Crippen LogP contribution >= 0.6 is 0 Å². The van der Waals surface area contributed by atoms with Crippen molar-refractivity contribution in [3.05, 3.63) is 17.7 Å². The minimum Gasteiger partial charge on any atom is -0.454 e. The number of nitrogens with one attached hydrogen (secondary N) is 2. The summed E-state index contributed by atoms with van der Waals surface area (Å²) in [5.41, 5.74) is 2.36. The standard InChI is InChI=1S/C13H18N2O2/c1-9-4-12-13(17-8-16-12)5-11(9)15-7-10-2-3-14-6-10/h4-5,10,14-15H,2-3,6-8H2,1H3. The predicted molar refractivity (Wildman–Crippen MR) is 66.8 cm³/mol. The molecule has 2 N–H and O–H groups in total. The molecule has 1 saturated heterocycles. The van der Waals surface area contributed by atoms with E-state index in [2.05, 4.69) is 17.6 Å². The summed E-state index contributed by atoms with van der Waals surface area (Å²) in [6.45, 7) is 5.72. The molecule has 4 nitrogen and oxygen atoms in total. The molecule has 0 bridgehead atoms. The Bertz CT molecular complexity index is 414. The Morgan fingerprint density at radius 1 is 1.35 bits per heavy atom. The SMILES string of the molecule is Cc1cc2c(cc1NCC1CCNC1)OCO2. The van der Waals surface area contributed by atoms with Crippen molar-refractivity contribution < 1.29 is 9.47 Å². The third-order valence-electron chi connectivity index (χ3n) is 3.46. The van der Waals surface area contributed by atoms with Crippen molar-refractivity contribution in [2.75, 3.05) is 31.7 Å². The van der Waals surface area contributed by atoms with Crippen LogP contribution in [0.25, 0.3) is 0 Å². The van der Waals surface area contributed by atoms with E-state index in [4.69, 9.17) is 9.47 Å². The minimum atomic E-state index is 0.338. The summed E-state index contributed by atoms with van der Waals surface area (Å²) in [6, 6.07) is 4.08. The van der Waals surface area contributed by atoms with Gasteiger partial charge < -0.3 is 20.1 Å². The van der Waals surface area contributed by atoms with Gasteiger partial charge in [0.05, 0.1) is 0 Å². The highest BCUT2D eigenvalue weighted by molar-refractivity contribution is 5.60. The van der Waals surface area contributed by atoms with Gasteiger partial charge >= 0.3 is 0 Å². The number of benzene rings is 1. The van der Waals surface area contributed by atoms with E-state index in [1.54, 1.807) is 0 Å². The van der Waals surface area contributed by atoms with Crippen molar-refractivity contribution in [2.45, 2.75) is 13.3 Å². The van der Waals surface area contributed by atoms with E-state index in [-0.39, 0.29) is 0 Å². The molecule has 1 unspecified atom stereocenters. The molecule has 0 radical (unpaired) electrons. The van der Waals surface area contributed by atoms with Crippen molar-refractivity contribution in [1.29, 1.82) is 0 Å². The Labute approximate surface area is 101 Å². The monoisotopic (exact) mass is 234 g/mol. The van der Waals surface area contributed by atoms with Crippen LogP contribution in [0.1, 0.15) is 12.0 Å². The first-order valence-corrected chi connectivity index (χ1v) is 6.18. The molecule has 1 atom stereocenters. The first-order chi connectivity index (χ1) is 8.33. The summed E-state index contributed by atoms with van der Waals surface area (Å²) in [5, 5.41) is 6.89. The molecule has 0 aliphatic carbocycles. The van der Waals surface area contributed by atoms with E-state index in [1.165, 1.54) is 12.0 Å². The second kappa shape index (κ2) is 4.45. The first kappa shape index (κ1) is 10.7. The number of aryl methyl sites for hydroxylation is 1. The zero-order valence-electron chi connectivity index (χ0n) is 10.1. The molecule has 0 saturated carbocycles. The van der Waals surface area contributed by atoms with E-state index in [1.807, 2.05) is 12.1 Å². The molecule has 1 fully saturated rings. The van der Waals surface area contributed by atoms with Gasteiger partial charge in [-0.25, -0.2) is 0 Å². The molecular formula is C13H18N2O2.